The summed E-state index contributed by atoms with van der Waals surface area (Å²) < 4.78 is 1.70. The van der Waals surface area contributed by atoms with E-state index in [1.54, 1.807) is 29.8 Å². The quantitative estimate of drug-likeness (QED) is 0.455. The molecule has 0 aliphatic rings. The van der Waals surface area contributed by atoms with E-state index in [0.29, 0.717) is 26.7 Å². The van der Waals surface area contributed by atoms with Crippen molar-refractivity contribution in [3.8, 4) is 0 Å². The number of amides is 2. The Morgan fingerprint density at radius 1 is 0.969 bits per heavy atom. The van der Waals surface area contributed by atoms with Gasteiger partial charge in [0.05, 0.1) is 22.2 Å². The smallest absolute Gasteiger partial charge is 0.234 e. The van der Waals surface area contributed by atoms with Crippen LogP contribution in [0.15, 0.2) is 35.5 Å². The predicted octanol–water partition coefficient (Wildman–Crippen LogP) is 4.96. The van der Waals surface area contributed by atoms with Crippen LogP contribution in [0.25, 0.3) is 0 Å². The first-order chi connectivity index (χ1) is 15.1. The minimum Gasteiger partial charge on any atom is -0.326 e. The number of hydrogen-bond acceptors (Lipinski definition) is 5. The first-order valence-corrected chi connectivity index (χ1v) is 11.5. The fourth-order valence-corrected chi connectivity index (χ4v) is 4.26. The van der Waals surface area contributed by atoms with Gasteiger partial charge in [0.25, 0.3) is 0 Å². The van der Waals surface area contributed by atoms with E-state index in [9.17, 15) is 9.59 Å². The molecule has 32 heavy (non-hydrogen) atoms. The largest absolute Gasteiger partial charge is 0.326 e. The van der Waals surface area contributed by atoms with Crippen LogP contribution >= 0.6 is 35.0 Å². The molecule has 2 amide bonds. The van der Waals surface area contributed by atoms with E-state index in [1.807, 2.05) is 32.9 Å². The predicted molar refractivity (Wildman–Crippen MR) is 130 cm³/mol. The van der Waals surface area contributed by atoms with Gasteiger partial charge in [-0.3, -0.25) is 9.59 Å². The Balaban J connectivity index is 1.57. The van der Waals surface area contributed by atoms with Crippen molar-refractivity contribution in [2.45, 2.75) is 32.3 Å². The third-order valence-corrected chi connectivity index (χ3v) is 6.48. The molecular weight excluding hydrogens is 469 g/mol. The first kappa shape index (κ1) is 24.1. The first-order valence-electron chi connectivity index (χ1n) is 9.77. The van der Waals surface area contributed by atoms with Gasteiger partial charge < -0.3 is 15.2 Å². The van der Waals surface area contributed by atoms with Gasteiger partial charge in [0.15, 0.2) is 5.16 Å². The second-order valence-corrected chi connectivity index (χ2v) is 9.18. The Morgan fingerprint density at radius 2 is 1.66 bits per heavy atom. The third-order valence-electron chi connectivity index (χ3n) is 4.72. The number of rotatable bonds is 7. The maximum atomic E-state index is 12.5. The van der Waals surface area contributed by atoms with Crippen molar-refractivity contribution in [3.05, 3.63) is 62.9 Å². The second kappa shape index (κ2) is 10.4. The molecule has 10 heteroatoms. The molecule has 2 N–H and O–H groups in total. The molecule has 0 spiro atoms. The summed E-state index contributed by atoms with van der Waals surface area (Å²) in [5.41, 5.74) is 4.57. The summed E-state index contributed by atoms with van der Waals surface area (Å²) in [7, 11) is 1.76. The van der Waals surface area contributed by atoms with Crippen LogP contribution < -0.4 is 10.6 Å². The van der Waals surface area contributed by atoms with Crippen LogP contribution in [-0.4, -0.2) is 32.3 Å². The molecule has 0 unspecified atom stereocenters. The zero-order valence-corrected chi connectivity index (χ0v) is 20.5. The minimum atomic E-state index is -0.265. The van der Waals surface area contributed by atoms with E-state index in [0.717, 1.165) is 22.4 Å². The molecule has 3 rings (SSSR count). The molecular formula is C22H23Cl2N5O2S. The Kier molecular flexibility index (Phi) is 7.82. The van der Waals surface area contributed by atoms with E-state index < -0.39 is 0 Å². The lowest BCUT2D eigenvalue weighted by Crippen LogP contribution is -2.17. The van der Waals surface area contributed by atoms with Gasteiger partial charge in [0.1, 0.15) is 5.82 Å². The van der Waals surface area contributed by atoms with Gasteiger partial charge in [-0.1, -0.05) is 52.7 Å². The SMILES string of the molecule is Cc1cc(C)c(NC(=O)CSc2nnc(CC(=O)Nc3ccc(Cl)c(Cl)c3)n2C)c(C)c1. The number of aromatic nitrogens is 3. The molecule has 0 radical (unpaired) electrons. The summed E-state index contributed by atoms with van der Waals surface area (Å²) in [6.07, 6.45) is 0.0260. The highest BCUT2D eigenvalue weighted by molar-refractivity contribution is 7.99. The summed E-state index contributed by atoms with van der Waals surface area (Å²) in [6.45, 7) is 5.97. The van der Waals surface area contributed by atoms with Gasteiger partial charge in [-0.2, -0.15) is 0 Å². The molecule has 0 fully saturated rings. The van der Waals surface area contributed by atoms with E-state index in [-0.39, 0.29) is 24.0 Å². The highest BCUT2D eigenvalue weighted by atomic mass is 35.5. The van der Waals surface area contributed by atoms with E-state index in [1.165, 1.54) is 11.8 Å². The molecule has 0 saturated carbocycles. The number of nitrogens with zero attached hydrogens (tertiary/aromatic N) is 3. The van der Waals surface area contributed by atoms with Crippen molar-refractivity contribution in [3.63, 3.8) is 0 Å². The Labute approximate surface area is 200 Å². The standard InChI is InChI=1S/C22H23Cl2N5O2S/c1-12-7-13(2)21(14(3)8-12)26-20(31)11-32-22-28-27-18(29(22)4)10-19(30)25-15-5-6-16(23)17(24)9-15/h5-9H,10-11H2,1-4H3,(H,25,30)(H,26,31). The van der Waals surface area contributed by atoms with E-state index in [4.69, 9.17) is 23.2 Å². The maximum Gasteiger partial charge on any atom is 0.234 e. The normalized spacial score (nSPS) is 10.8. The van der Waals surface area contributed by atoms with Crippen LogP contribution in [0, 0.1) is 20.8 Å². The molecule has 168 valence electrons. The van der Waals surface area contributed by atoms with Crippen molar-refractivity contribution in [1.29, 1.82) is 0 Å². The fraction of sp³-hybridized carbons (Fsp3) is 0.273. The summed E-state index contributed by atoms with van der Waals surface area (Å²) in [4.78, 5) is 24.8. The van der Waals surface area contributed by atoms with Gasteiger partial charge >= 0.3 is 0 Å². The Bertz CT molecular complexity index is 1160. The molecule has 0 aliphatic carbocycles. The van der Waals surface area contributed by atoms with Gasteiger partial charge in [-0.15, -0.1) is 10.2 Å². The lowest BCUT2D eigenvalue weighted by molar-refractivity contribution is -0.116. The molecule has 0 atom stereocenters. The molecule has 1 heterocycles. The fourth-order valence-electron chi connectivity index (χ4n) is 3.23. The maximum absolute atomic E-state index is 12.5. The summed E-state index contributed by atoms with van der Waals surface area (Å²) in [6, 6.07) is 8.93. The lowest BCUT2D eigenvalue weighted by Gasteiger charge is -2.12. The number of aryl methyl sites for hydroxylation is 3. The zero-order chi connectivity index (χ0) is 23.4. The Hall–Kier alpha value is -2.55. The molecule has 0 bridgehead atoms. The van der Waals surface area contributed by atoms with Crippen molar-refractivity contribution in [2.24, 2.45) is 7.05 Å². The van der Waals surface area contributed by atoms with Crippen molar-refractivity contribution in [2.75, 3.05) is 16.4 Å². The lowest BCUT2D eigenvalue weighted by atomic mass is 10.1. The van der Waals surface area contributed by atoms with Crippen LogP contribution in [0.5, 0.6) is 0 Å². The van der Waals surface area contributed by atoms with Crippen molar-refractivity contribution in [1.82, 2.24) is 14.8 Å². The van der Waals surface area contributed by atoms with E-state index >= 15 is 0 Å². The topological polar surface area (TPSA) is 88.9 Å². The number of nitrogens with one attached hydrogen (secondary N) is 2. The second-order valence-electron chi connectivity index (χ2n) is 7.42. The van der Waals surface area contributed by atoms with Crippen LogP contribution in [0.2, 0.25) is 10.0 Å². The van der Waals surface area contributed by atoms with Gasteiger partial charge in [0, 0.05) is 18.4 Å². The number of thioether (sulfide) groups is 1. The molecule has 1 aromatic heterocycles. The molecule has 0 saturated heterocycles. The van der Waals surface area contributed by atoms with Crippen LogP contribution in [0.1, 0.15) is 22.5 Å². The number of benzene rings is 2. The highest BCUT2D eigenvalue weighted by Gasteiger charge is 2.16. The monoisotopic (exact) mass is 491 g/mol. The van der Waals surface area contributed by atoms with Gasteiger partial charge in [-0.05, 0) is 50.1 Å². The summed E-state index contributed by atoms with van der Waals surface area (Å²) in [5, 5.41) is 15.2. The van der Waals surface area contributed by atoms with Crippen LogP contribution in [0.4, 0.5) is 11.4 Å². The third kappa shape index (κ3) is 6.03. The van der Waals surface area contributed by atoms with E-state index in [2.05, 4.69) is 20.8 Å². The molecule has 7 nitrogen and oxygen atoms in total. The van der Waals surface area contributed by atoms with Crippen LogP contribution in [0.3, 0.4) is 0 Å². The van der Waals surface area contributed by atoms with Gasteiger partial charge in [0.2, 0.25) is 11.8 Å². The number of halogens is 2. The zero-order valence-electron chi connectivity index (χ0n) is 18.1. The number of carbonyl (C=O) groups is 2. The molecule has 0 aliphatic heterocycles. The average molecular weight is 492 g/mol. The Morgan fingerprint density at radius 3 is 2.31 bits per heavy atom. The molecule has 2 aromatic carbocycles. The number of hydrogen-bond donors (Lipinski definition) is 2. The molecule has 3 aromatic rings. The summed E-state index contributed by atoms with van der Waals surface area (Å²) >= 11 is 13.1. The van der Waals surface area contributed by atoms with Gasteiger partial charge in [-0.25, -0.2) is 0 Å². The van der Waals surface area contributed by atoms with Crippen molar-refractivity contribution >= 4 is 58.2 Å². The highest BCUT2D eigenvalue weighted by Crippen LogP contribution is 2.25. The number of anilines is 2. The van der Waals surface area contributed by atoms with Crippen molar-refractivity contribution < 1.29 is 9.59 Å². The van der Waals surface area contributed by atoms with Crippen LogP contribution in [-0.2, 0) is 23.1 Å². The number of carbonyl (C=O) groups excluding carboxylic acids is 2. The minimum absolute atomic E-state index is 0.0260. The average Bonchev–Trinajstić information content (AvgIpc) is 3.05. The summed E-state index contributed by atoms with van der Waals surface area (Å²) in [5.74, 6) is 0.259.